The van der Waals surface area contributed by atoms with Gasteiger partial charge in [0.1, 0.15) is 9.67 Å². The second kappa shape index (κ2) is 10.8. The molecular formula is C10H2Cl16F4O. The molecule has 0 aromatic carbocycles. The van der Waals surface area contributed by atoms with Gasteiger partial charge < -0.3 is 0 Å². The molecule has 1 nitrogen and oxygen atoms in total. The molecule has 2 atom stereocenters. The summed E-state index contributed by atoms with van der Waals surface area (Å²) in [6.45, 7) is 0. The topological polar surface area (TPSA) is 9.23 Å². The summed E-state index contributed by atoms with van der Waals surface area (Å²) in [7, 11) is 0. The van der Waals surface area contributed by atoms with Crippen molar-refractivity contribution in [1.82, 2.24) is 0 Å². The Hall–Kier alpha value is 4.32. The number of hydrogen-bond acceptors (Lipinski definition) is 1. The van der Waals surface area contributed by atoms with Gasteiger partial charge in [-0.3, -0.25) is 4.74 Å². The van der Waals surface area contributed by atoms with Crippen LogP contribution in [0.2, 0.25) is 0 Å². The highest BCUT2D eigenvalue weighted by Crippen LogP contribution is 2.67. The van der Waals surface area contributed by atoms with E-state index in [1.165, 1.54) is 0 Å². The summed E-state index contributed by atoms with van der Waals surface area (Å²) in [5, 5.41) is 0. The molecule has 0 fully saturated rings. The van der Waals surface area contributed by atoms with E-state index >= 15 is 8.78 Å². The van der Waals surface area contributed by atoms with Crippen molar-refractivity contribution in [3.63, 3.8) is 0 Å². The molecule has 0 aliphatic rings. The first-order valence-corrected chi connectivity index (χ1v) is 12.7. The van der Waals surface area contributed by atoms with Gasteiger partial charge in [0, 0.05) is 0 Å². The fraction of sp³-hybridized carbons (Fsp3) is 1.00. The molecule has 0 aliphatic carbocycles. The van der Waals surface area contributed by atoms with Crippen LogP contribution < -0.4 is 0 Å². The normalized spacial score (nSPS) is 19.5. The van der Waals surface area contributed by atoms with Gasteiger partial charge in [0.25, 0.3) is 20.9 Å². The van der Waals surface area contributed by atoms with Crippen LogP contribution in [-0.4, -0.2) is 47.9 Å². The Bertz CT molecular complexity index is 591. The van der Waals surface area contributed by atoms with Crippen molar-refractivity contribution in [1.29, 1.82) is 0 Å². The van der Waals surface area contributed by atoms with E-state index in [1.807, 2.05) is 0 Å². The van der Waals surface area contributed by atoms with Crippen LogP contribution in [0, 0.1) is 0 Å². The first-order valence-electron chi connectivity index (χ1n) is 6.38. The fourth-order valence-corrected chi connectivity index (χ4v) is 4.43. The Labute approximate surface area is 253 Å². The van der Waals surface area contributed by atoms with Crippen LogP contribution in [0.1, 0.15) is 0 Å². The zero-order chi connectivity index (χ0) is 25.9. The molecule has 0 amide bonds. The smallest absolute Gasteiger partial charge is 0.296 e. The van der Waals surface area contributed by atoms with Crippen molar-refractivity contribution in [2.24, 2.45) is 0 Å². The third-order valence-corrected chi connectivity index (χ3v) is 11.2. The van der Waals surface area contributed by atoms with Gasteiger partial charge in [-0.15, -0.1) is 46.4 Å². The number of ether oxygens (including phenoxy) is 1. The number of alkyl halides is 20. The maximum absolute atomic E-state index is 16.2. The third-order valence-electron chi connectivity index (χ3n) is 3.21. The summed E-state index contributed by atoms with van der Waals surface area (Å²) in [5.74, 6) is -9.61. The molecule has 0 heterocycles. The molecule has 0 rings (SSSR count). The monoisotopic (exact) mass is 774 g/mol. The van der Waals surface area contributed by atoms with Crippen LogP contribution in [-0.2, 0) is 4.74 Å². The van der Waals surface area contributed by atoms with E-state index in [1.54, 1.807) is 0 Å². The fourth-order valence-electron chi connectivity index (χ4n) is 1.52. The van der Waals surface area contributed by atoms with Crippen molar-refractivity contribution in [3.8, 4) is 0 Å². The minimum atomic E-state index is -4.81. The van der Waals surface area contributed by atoms with Crippen LogP contribution in [0.4, 0.5) is 17.6 Å². The predicted octanol–water partition coefficient (Wildman–Crippen LogP) is 10.8. The second-order valence-electron chi connectivity index (χ2n) is 5.28. The number of hydrogen-bond donors (Lipinski definition) is 0. The van der Waals surface area contributed by atoms with Gasteiger partial charge in [-0.2, -0.15) is 0 Å². The van der Waals surface area contributed by atoms with Gasteiger partial charge in [-0.1, -0.05) is 139 Å². The van der Waals surface area contributed by atoms with Gasteiger partial charge in [0.2, 0.25) is 17.3 Å². The molecule has 2 unspecified atom stereocenters. The summed E-state index contributed by atoms with van der Waals surface area (Å²) in [5.41, 5.74) is 0. The van der Waals surface area contributed by atoms with Crippen LogP contribution in [0.5, 0.6) is 0 Å². The second-order valence-corrected chi connectivity index (χ2v) is 15.4. The van der Waals surface area contributed by atoms with Gasteiger partial charge in [0.15, 0.2) is 0 Å². The zero-order valence-electron chi connectivity index (χ0n) is 13.1. The Morgan fingerprint density at radius 3 is 0.774 bits per heavy atom. The van der Waals surface area contributed by atoms with Crippen molar-refractivity contribution >= 4 is 186 Å². The lowest BCUT2D eigenvalue weighted by molar-refractivity contribution is -0.300. The molecule has 21 heteroatoms. The van der Waals surface area contributed by atoms with Crippen LogP contribution in [0.3, 0.4) is 0 Å². The first kappa shape index (κ1) is 35.3. The molecular weight excluding hydrogens is 779 g/mol. The Kier molecular flexibility index (Phi) is 12.3. The minimum absolute atomic E-state index is 2.43. The van der Waals surface area contributed by atoms with Gasteiger partial charge >= 0.3 is 0 Å². The Morgan fingerprint density at radius 1 is 0.452 bits per heavy atom. The predicted molar refractivity (Wildman–Crippen MR) is 129 cm³/mol. The highest BCUT2D eigenvalue weighted by molar-refractivity contribution is 6.67. The zero-order valence-corrected chi connectivity index (χ0v) is 25.2. The molecule has 0 spiro atoms. The van der Waals surface area contributed by atoms with Gasteiger partial charge in [-0.25, -0.2) is 17.6 Å². The maximum atomic E-state index is 16.2. The van der Waals surface area contributed by atoms with Crippen LogP contribution in [0.15, 0.2) is 0 Å². The summed E-state index contributed by atoms with van der Waals surface area (Å²) < 4.78 is 41.5. The van der Waals surface area contributed by atoms with Crippen LogP contribution in [0.25, 0.3) is 0 Å². The minimum Gasteiger partial charge on any atom is -0.298 e. The molecule has 31 heavy (non-hydrogen) atoms. The quantitative estimate of drug-likeness (QED) is 0.158. The summed E-state index contributed by atoms with van der Waals surface area (Å²) in [4.78, 5) is -4.86. The first-order chi connectivity index (χ1) is 13.1. The molecule has 0 N–H and O–H groups in total. The number of rotatable bonds is 10. The van der Waals surface area contributed by atoms with E-state index in [2.05, 4.69) is 4.74 Å². The lowest BCUT2D eigenvalue weighted by Gasteiger charge is -2.53. The SMILES string of the molecule is FC(Cl)(Cl)C(Cl)(Cl)C(F)(OC(F)(C(Cl)(Cl)C(Cl)Cl)C(Cl)(Cl)C(F)(Cl)Cl)C(Cl)(Cl)C(Cl)Cl. The molecule has 0 radical (unpaired) electrons. The number of halogens is 20. The highest BCUT2D eigenvalue weighted by Gasteiger charge is 2.83. The largest absolute Gasteiger partial charge is 0.298 e. The van der Waals surface area contributed by atoms with Crippen molar-refractivity contribution in [2.45, 2.75) is 47.9 Å². The van der Waals surface area contributed by atoms with Crippen molar-refractivity contribution in [3.05, 3.63) is 0 Å². The molecule has 0 bridgehead atoms. The molecule has 0 saturated carbocycles. The lowest BCUT2D eigenvalue weighted by Crippen LogP contribution is -2.73. The summed E-state index contributed by atoms with van der Waals surface area (Å²) in [6.07, 6.45) is 0. The van der Waals surface area contributed by atoms with Gasteiger partial charge in [0.05, 0.1) is 0 Å². The van der Waals surface area contributed by atoms with E-state index in [0.29, 0.717) is 0 Å². The van der Waals surface area contributed by atoms with E-state index in [0.717, 1.165) is 0 Å². The van der Waals surface area contributed by atoms with Crippen molar-refractivity contribution < 1.29 is 22.3 Å². The van der Waals surface area contributed by atoms with Crippen LogP contribution >= 0.6 is 186 Å². The maximum Gasteiger partial charge on any atom is 0.296 e. The van der Waals surface area contributed by atoms with E-state index < -0.39 is 47.9 Å². The van der Waals surface area contributed by atoms with E-state index in [-0.39, 0.29) is 0 Å². The third kappa shape index (κ3) is 6.15. The molecule has 0 aromatic heterocycles. The Balaban J connectivity index is 7.45. The highest BCUT2D eigenvalue weighted by atomic mass is 35.6. The van der Waals surface area contributed by atoms with Crippen molar-refractivity contribution in [2.75, 3.05) is 0 Å². The van der Waals surface area contributed by atoms with E-state index in [9.17, 15) is 8.78 Å². The van der Waals surface area contributed by atoms with Gasteiger partial charge in [-0.05, 0) is 0 Å². The summed E-state index contributed by atoms with van der Waals surface area (Å²) >= 11 is 86.9. The Morgan fingerprint density at radius 2 is 0.645 bits per heavy atom. The molecule has 0 aliphatic heterocycles. The average Bonchev–Trinajstić information content (AvgIpc) is 2.51. The lowest BCUT2D eigenvalue weighted by atomic mass is 10.1. The standard InChI is InChI=1S/C10H2Cl16F4O/c11-1(12)3(15,16)7(27,5(19,20)9(23,24)29)31-8(28,4(17,18)2(13)14)6(21,22)10(25,26)30/h1-2H. The van der Waals surface area contributed by atoms with E-state index in [4.69, 9.17) is 186 Å². The molecule has 0 aromatic rings. The average molecular weight is 781 g/mol. The molecule has 188 valence electrons. The molecule has 0 saturated heterocycles. The summed E-state index contributed by atoms with van der Waals surface area (Å²) in [6, 6.07) is 0.